The first-order chi connectivity index (χ1) is 9.65. The fraction of sp³-hybridized carbons (Fsp3) is 0.562. The molecule has 0 aliphatic carbocycles. The molecule has 0 spiro atoms. The van der Waals surface area contributed by atoms with Gasteiger partial charge in [-0.3, -0.25) is 9.69 Å². The first-order valence-electron chi connectivity index (χ1n) is 7.44. The summed E-state index contributed by atoms with van der Waals surface area (Å²) < 4.78 is 0.976. The predicted molar refractivity (Wildman–Crippen MR) is 84.0 cm³/mol. The summed E-state index contributed by atoms with van der Waals surface area (Å²) in [4.78, 5) is 17.4. The molecule has 108 valence electrons. The van der Waals surface area contributed by atoms with Crippen LogP contribution in [0.2, 0.25) is 0 Å². The molecule has 2 aliphatic heterocycles. The Balaban J connectivity index is 1.80. The number of rotatable bonds is 1. The molecule has 3 nitrogen and oxygen atoms in total. The first-order valence-corrected chi connectivity index (χ1v) is 8.24. The molecule has 2 fully saturated rings. The van der Waals surface area contributed by atoms with Gasteiger partial charge in [0.05, 0.1) is 0 Å². The molecule has 2 heterocycles. The van der Waals surface area contributed by atoms with Crippen LogP contribution >= 0.6 is 15.9 Å². The summed E-state index contributed by atoms with van der Waals surface area (Å²) in [7, 11) is 0. The van der Waals surface area contributed by atoms with Crippen molar-refractivity contribution in [3.8, 4) is 0 Å². The maximum atomic E-state index is 12.8. The standard InChI is InChI=1S/C16H21BrN2O/c1-12-5-6-13(17)10-15(12)16(20)19-9-3-8-18-7-2-4-14(18)11-19/h5-6,10,14H,2-4,7-9,11H2,1H3. The van der Waals surface area contributed by atoms with E-state index in [1.165, 1.54) is 19.4 Å². The maximum Gasteiger partial charge on any atom is 0.254 e. The van der Waals surface area contributed by atoms with Crippen LogP contribution in [-0.4, -0.2) is 47.9 Å². The molecular formula is C16H21BrN2O. The minimum Gasteiger partial charge on any atom is -0.337 e. The lowest BCUT2D eigenvalue weighted by Crippen LogP contribution is -2.39. The zero-order valence-corrected chi connectivity index (χ0v) is 13.5. The monoisotopic (exact) mass is 336 g/mol. The highest BCUT2D eigenvalue weighted by Crippen LogP contribution is 2.24. The summed E-state index contributed by atoms with van der Waals surface area (Å²) in [5, 5.41) is 0. The van der Waals surface area contributed by atoms with Crippen LogP contribution in [0, 0.1) is 6.92 Å². The minimum absolute atomic E-state index is 0.192. The van der Waals surface area contributed by atoms with Crippen LogP contribution < -0.4 is 0 Å². The molecule has 1 aromatic carbocycles. The number of fused-ring (bicyclic) bond motifs is 1. The second-order valence-corrected chi connectivity index (χ2v) is 6.81. The van der Waals surface area contributed by atoms with Crippen LogP contribution in [0.3, 0.4) is 0 Å². The van der Waals surface area contributed by atoms with Crippen molar-refractivity contribution in [2.75, 3.05) is 26.2 Å². The summed E-state index contributed by atoms with van der Waals surface area (Å²) in [6.45, 7) is 6.15. The Morgan fingerprint density at radius 2 is 2.05 bits per heavy atom. The van der Waals surface area contributed by atoms with E-state index in [2.05, 4.69) is 25.7 Å². The molecule has 4 heteroatoms. The van der Waals surface area contributed by atoms with Crippen molar-refractivity contribution in [2.45, 2.75) is 32.2 Å². The van der Waals surface area contributed by atoms with Crippen molar-refractivity contribution >= 4 is 21.8 Å². The van der Waals surface area contributed by atoms with Crippen LogP contribution in [0.15, 0.2) is 22.7 Å². The Labute approximate surface area is 129 Å². The van der Waals surface area contributed by atoms with E-state index in [4.69, 9.17) is 0 Å². The number of carbonyl (C=O) groups is 1. The third-order valence-electron chi connectivity index (χ3n) is 4.52. The topological polar surface area (TPSA) is 23.6 Å². The second-order valence-electron chi connectivity index (χ2n) is 5.90. The van der Waals surface area contributed by atoms with E-state index < -0.39 is 0 Å². The lowest BCUT2D eigenvalue weighted by Gasteiger charge is -2.26. The molecule has 20 heavy (non-hydrogen) atoms. The molecule has 0 N–H and O–H groups in total. The molecule has 2 aliphatic rings. The highest BCUT2D eigenvalue weighted by Gasteiger charge is 2.31. The average Bonchev–Trinajstić information content (AvgIpc) is 2.78. The van der Waals surface area contributed by atoms with Gasteiger partial charge in [-0.1, -0.05) is 22.0 Å². The quantitative estimate of drug-likeness (QED) is 0.786. The summed E-state index contributed by atoms with van der Waals surface area (Å²) in [5.41, 5.74) is 1.90. The largest absolute Gasteiger partial charge is 0.337 e. The van der Waals surface area contributed by atoms with Gasteiger partial charge in [0.15, 0.2) is 0 Å². The number of amides is 1. The van der Waals surface area contributed by atoms with Crippen molar-refractivity contribution in [1.82, 2.24) is 9.80 Å². The van der Waals surface area contributed by atoms with E-state index >= 15 is 0 Å². The first kappa shape index (κ1) is 14.1. The van der Waals surface area contributed by atoms with Crippen LogP contribution in [0.4, 0.5) is 0 Å². The number of nitrogens with zero attached hydrogens (tertiary/aromatic N) is 2. The van der Waals surface area contributed by atoms with E-state index in [9.17, 15) is 4.79 Å². The minimum atomic E-state index is 0.192. The van der Waals surface area contributed by atoms with Gasteiger partial charge in [0.2, 0.25) is 0 Å². The van der Waals surface area contributed by atoms with Gasteiger partial charge in [0.1, 0.15) is 0 Å². The fourth-order valence-corrected chi connectivity index (χ4v) is 3.75. The highest BCUT2D eigenvalue weighted by molar-refractivity contribution is 9.10. The molecule has 2 saturated heterocycles. The van der Waals surface area contributed by atoms with Gasteiger partial charge in [0.25, 0.3) is 5.91 Å². The molecule has 1 amide bonds. The third kappa shape index (κ3) is 2.77. The smallest absolute Gasteiger partial charge is 0.254 e. The Hall–Kier alpha value is -0.870. The van der Waals surface area contributed by atoms with Gasteiger partial charge in [-0.15, -0.1) is 0 Å². The van der Waals surface area contributed by atoms with Crippen LogP contribution in [0.5, 0.6) is 0 Å². The fourth-order valence-electron chi connectivity index (χ4n) is 3.39. The van der Waals surface area contributed by atoms with Gasteiger partial charge < -0.3 is 4.90 Å². The number of aryl methyl sites for hydroxylation is 1. The van der Waals surface area contributed by atoms with E-state index in [-0.39, 0.29) is 5.91 Å². The van der Waals surface area contributed by atoms with Gasteiger partial charge in [0, 0.05) is 35.7 Å². The molecule has 0 saturated carbocycles. The molecule has 0 aromatic heterocycles. The van der Waals surface area contributed by atoms with Crippen LogP contribution in [-0.2, 0) is 0 Å². The van der Waals surface area contributed by atoms with E-state index in [0.29, 0.717) is 6.04 Å². The van der Waals surface area contributed by atoms with Crippen molar-refractivity contribution in [3.05, 3.63) is 33.8 Å². The van der Waals surface area contributed by atoms with Crippen LogP contribution in [0.25, 0.3) is 0 Å². The Morgan fingerprint density at radius 1 is 1.25 bits per heavy atom. The number of carbonyl (C=O) groups excluding carboxylic acids is 1. The molecule has 0 bridgehead atoms. The van der Waals surface area contributed by atoms with E-state index in [0.717, 1.165) is 41.7 Å². The number of hydrogen-bond acceptors (Lipinski definition) is 2. The van der Waals surface area contributed by atoms with Crippen molar-refractivity contribution < 1.29 is 4.79 Å². The highest BCUT2D eigenvalue weighted by atomic mass is 79.9. The summed E-state index contributed by atoms with van der Waals surface area (Å²) in [6, 6.07) is 6.54. The Morgan fingerprint density at radius 3 is 2.90 bits per heavy atom. The Kier molecular flexibility index (Phi) is 4.13. The zero-order chi connectivity index (χ0) is 14.1. The zero-order valence-electron chi connectivity index (χ0n) is 11.9. The average molecular weight is 337 g/mol. The van der Waals surface area contributed by atoms with Crippen molar-refractivity contribution in [2.24, 2.45) is 0 Å². The predicted octanol–water partition coefficient (Wildman–Crippen LogP) is 3.07. The normalized spacial score (nSPS) is 23.5. The molecule has 1 atom stereocenters. The van der Waals surface area contributed by atoms with E-state index in [1.807, 2.05) is 25.1 Å². The van der Waals surface area contributed by atoms with Crippen molar-refractivity contribution in [3.63, 3.8) is 0 Å². The summed E-state index contributed by atoms with van der Waals surface area (Å²) >= 11 is 3.47. The van der Waals surface area contributed by atoms with Gasteiger partial charge >= 0.3 is 0 Å². The molecule has 3 rings (SSSR count). The maximum absolute atomic E-state index is 12.8. The molecule has 0 radical (unpaired) electrons. The third-order valence-corrected chi connectivity index (χ3v) is 5.01. The molecule has 1 aromatic rings. The van der Waals surface area contributed by atoms with Gasteiger partial charge in [-0.05, 0) is 50.4 Å². The molecule has 1 unspecified atom stereocenters. The van der Waals surface area contributed by atoms with Gasteiger partial charge in [-0.25, -0.2) is 0 Å². The summed E-state index contributed by atoms with van der Waals surface area (Å²) in [6.07, 6.45) is 3.61. The van der Waals surface area contributed by atoms with Gasteiger partial charge in [-0.2, -0.15) is 0 Å². The summed E-state index contributed by atoms with van der Waals surface area (Å²) in [5.74, 6) is 0.192. The lowest BCUT2D eigenvalue weighted by molar-refractivity contribution is 0.0742. The van der Waals surface area contributed by atoms with Crippen LogP contribution in [0.1, 0.15) is 35.2 Å². The van der Waals surface area contributed by atoms with Crippen molar-refractivity contribution in [1.29, 1.82) is 0 Å². The SMILES string of the molecule is Cc1ccc(Br)cc1C(=O)N1CCCN2CCCC2C1. The number of hydrogen-bond donors (Lipinski definition) is 0. The number of benzene rings is 1. The molecular weight excluding hydrogens is 316 g/mol. The second kappa shape index (κ2) is 5.86. The lowest BCUT2D eigenvalue weighted by atomic mass is 10.1. The Bertz CT molecular complexity index is 517. The van der Waals surface area contributed by atoms with E-state index in [1.54, 1.807) is 0 Å². The number of halogens is 1.